The molecule has 4 aromatic rings. The number of halogens is 4. The number of nitrogen functional groups attached to an aromatic ring is 1. The average molecular weight is 586 g/mol. The van der Waals surface area contributed by atoms with Crippen LogP contribution in [0.1, 0.15) is 12.8 Å². The quantitative estimate of drug-likeness (QED) is 0.242. The number of hydrogen-bond donors (Lipinski definition) is 3. The summed E-state index contributed by atoms with van der Waals surface area (Å²) in [7, 11) is 0. The Kier molecular flexibility index (Phi) is 6.43. The lowest BCUT2D eigenvalue weighted by molar-refractivity contribution is -0.274. The maximum atomic E-state index is 13.0. The molecule has 1 aliphatic carbocycles. The standard InChI is InChI=1S/C26H19BrF3N5O3/c27-17-5-8-21(38-26(28,29)30)20(12-17)34-23(37)25(9-10-25)22(36)33-18-6-3-14(4-7-18)15-1-2-16-13-32-24(31)35-19(16)11-15/h1-8,11-13H,9-10H2,(H,33,36)(H,34,37)(H2,31,32,35). The van der Waals surface area contributed by atoms with Crippen molar-refractivity contribution in [3.63, 3.8) is 0 Å². The largest absolute Gasteiger partial charge is 0.573 e. The van der Waals surface area contributed by atoms with Gasteiger partial charge in [0, 0.05) is 21.7 Å². The first kappa shape index (κ1) is 25.5. The molecule has 5 rings (SSSR count). The third kappa shape index (κ3) is 5.40. The van der Waals surface area contributed by atoms with Gasteiger partial charge >= 0.3 is 6.36 Å². The van der Waals surface area contributed by atoms with E-state index in [-0.39, 0.29) is 24.5 Å². The molecule has 2 amide bonds. The van der Waals surface area contributed by atoms with Crippen LogP contribution >= 0.6 is 15.9 Å². The topological polar surface area (TPSA) is 119 Å². The highest BCUT2D eigenvalue weighted by atomic mass is 79.9. The fourth-order valence-corrected chi connectivity index (χ4v) is 4.31. The van der Waals surface area contributed by atoms with E-state index >= 15 is 0 Å². The van der Waals surface area contributed by atoms with Gasteiger partial charge in [-0.05, 0) is 60.4 Å². The maximum Gasteiger partial charge on any atom is 0.573 e. The molecule has 0 radical (unpaired) electrons. The SMILES string of the molecule is Nc1ncc2ccc(-c3ccc(NC(=O)C4(C(=O)Nc5cc(Br)ccc5OC(F)(F)F)CC4)cc3)cc2n1. The number of carbonyl (C=O) groups is 2. The van der Waals surface area contributed by atoms with Crippen molar-refractivity contribution in [3.8, 4) is 16.9 Å². The van der Waals surface area contributed by atoms with E-state index in [4.69, 9.17) is 5.73 Å². The number of rotatable bonds is 6. The summed E-state index contributed by atoms with van der Waals surface area (Å²) in [4.78, 5) is 34.2. The van der Waals surface area contributed by atoms with Crippen molar-refractivity contribution >= 4 is 56.0 Å². The van der Waals surface area contributed by atoms with Gasteiger partial charge in [-0.3, -0.25) is 9.59 Å². The van der Waals surface area contributed by atoms with Crippen LogP contribution < -0.4 is 21.1 Å². The Hall–Kier alpha value is -4.19. The molecule has 0 spiro atoms. The van der Waals surface area contributed by atoms with Gasteiger partial charge in [-0.2, -0.15) is 0 Å². The normalized spacial score (nSPS) is 14.1. The first-order chi connectivity index (χ1) is 18.0. The van der Waals surface area contributed by atoms with E-state index < -0.39 is 29.3 Å². The van der Waals surface area contributed by atoms with E-state index in [1.807, 2.05) is 30.3 Å². The van der Waals surface area contributed by atoms with Crippen molar-refractivity contribution in [2.45, 2.75) is 19.2 Å². The van der Waals surface area contributed by atoms with Crippen LogP contribution in [0.15, 0.2) is 71.3 Å². The minimum atomic E-state index is -4.94. The molecule has 0 atom stereocenters. The molecule has 1 aliphatic rings. The van der Waals surface area contributed by atoms with Crippen molar-refractivity contribution in [3.05, 3.63) is 71.3 Å². The van der Waals surface area contributed by atoms with Gasteiger partial charge in [0.1, 0.15) is 5.41 Å². The van der Waals surface area contributed by atoms with E-state index in [2.05, 4.69) is 41.3 Å². The fourth-order valence-electron chi connectivity index (χ4n) is 3.95. The summed E-state index contributed by atoms with van der Waals surface area (Å²) < 4.78 is 42.8. The van der Waals surface area contributed by atoms with Gasteiger partial charge in [-0.25, -0.2) is 9.97 Å². The van der Waals surface area contributed by atoms with E-state index in [1.54, 1.807) is 18.3 Å². The lowest BCUT2D eigenvalue weighted by Gasteiger charge is -2.18. The summed E-state index contributed by atoms with van der Waals surface area (Å²) in [5.74, 6) is -1.67. The van der Waals surface area contributed by atoms with Crippen LogP contribution in [0.3, 0.4) is 0 Å². The highest BCUT2D eigenvalue weighted by Gasteiger charge is 2.56. The fraction of sp³-hybridized carbons (Fsp3) is 0.154. The zero-order valence-corrected chi connectivity index (χ0v) is 21.1. The molecule has 12 heteroatoms. The molecule has 0 bridgehead atoms. The van der Waals surface area contributed by atoms with Crippen molar-refractivity contribution in [2.75, 3.05) is 16.4 Å². The number of nitrogens with zero attached hydrogens (tertiary/aromatic N) is 2. The Labute approximate surface area is 222 Å². The molecule has 38 heavy (non-hydrogen) atoms. The first-order valence-electron chi connectivity index (χ1n) is 11.3. The van der Waals surface area contributed by atoms with E-state index in [9.17, 15) is 22.8 Å². The summed E-state index contributed by atoms with van der Waals surface area (Å²) in [5.41, 5.74) is 7.00. The number of ether oxygens (including phenoxy) is 1. The molecule has 0 aliphatic heterocycles. The van der Waals surface area contributed by atoms with Gasteiger partial charge in [0.05, 0.1) is 11.2 Å². The monoisotopic (exact) mass is 585 g/mol. The third-order valence-electron chi connectivity index (χ3n) is 6.11. The average Bonchev–Trinajstić information content (AvgIpc) is 3.67. The number of anilines is 3. The Morgan fingerprint density at radius 3 is 2.32 bits per heavy atom. The van der Waals surface area contributed by atoms with Gasteiger partial charge in [0.25, 0.3) is 0 Å². The van der Waals surface area contributed by atoms with E-state index in [1.165, 1.54) is 12.1 Å². The van der Waals surface area contributed by atoms with Gasteiger partial charge in [0.2, 0.25) is 17.8 Å². The van der Waals surface area contributed by atoms with Crippen molar-refractivity contribution in [1.29, 1.82) is 0 Å². The lowest BCUT2D eigenvalue weighted by Crippen LogP contribution is -2.35. The van der Waals surface area contributed by atoms with Gasteiger partial charge in [-0.15, -0.1) is 13.2 Å². The molecular weight excluding hydrogens is 567 g/mol. The summed E-state index contributed by atoms with van der Waals surface area (Å²) in [6.45, 7) is 0. The predicted octanol–water partition coefficient (Wildman–Crippen LogP) is 5.90. The highest BCUT2D eigenvalue weighted by molar-refractivity contribution is 9.10. The molecule has 1 fully saturated rings. The van der Waals surface area contributed by atoms with Crippen LogP contribution in [0.4, 0.5) is 30.5 Å². The minimum absolute atomic E-state index is 0.176. The smallest absolute Gasteiger partial charge is 0.404 e. The third-order valence-corrected chi connectivity index (χ3v) is 6.61. The number of aromatic nitrogens is 2. The Morgan fingerprint density at radius 1 is 0.947 bits per heavy atom. The Balaban J connectivity index is 1.29. The molecule has 194 valence electrons. The van der Waals surface area contributed by atoms with Crippen molar-refractivity contribution < 1.29 is 27.5 Å². The van der Waals surface area contributed by atoms with Crippen LogP contribution in [-0.4, -0.2) is 28.1 Å². The molecule has 0 saturated heterocycles. The summed E-state index contributed by atoms with van der Waals surface area (Å²) in [6, 6.07) is 16.4. The second kappa shape index (κ2) is 9.60. The van der Waals surface area contributed by atoms with Crippen LogP contribution in [0, 0.1) is 5.41 Å². The number of hydrogen-bond acceptors (Lipinski definition) is 6. The van der Waals surface area contributed by atoms with Gasteiger partial charge in [-0.1, -0.05) is 40.2 Å². The summed E-state index contributed by atoms with van der Waals surface area (Å²) >= 11 is 3.16. The second-order valence-corrected chi connectivity index (χ2v) is 9.67. The van der Waals surface area contributed by atoms with E-state index in [0.29, 0.717) is 15.7 Å². The zero-order chi connectivity index (χ0) is 27.1. The highest BCUT2D eigenvalue weighted by Crippen LogP contribution is 2.48. The molecule has 1 heterocycles. The minimum Gasteiger partial charge on any atom is -0.404 e. The Morgan fingerprint density at radius 2 is 1.63 bits per heavy atom. The lowest BCUT2D eigenvalue weighted by atomic mass is 10.0. The number of nitrogens with two attached hydrogens (primary N) is 1. The summed E-state index contributed by atoms with van der Waals surface area (Å²) in [6.07, 6.45) is -2.78. The molecule has 0 unspecified atom stereocenters. The van der Waals surface area contributed by atoms with Crippen LogP contribution in [0.2, 0.25) is 0 Å². The van der Waals surface area contributed by atoms with Crippen molar-refractivity contribution in [1.82, 2.24) is 9.97 Å². The van der Waals surface area contributed by atoms with Gasteiger partial charge in [0.15, 0.2) is 5.75 Å². The van der Waals surface area contributed by atoms with Crippen molar-refractivity contribution in [2.24, 2.45) is 5.41 Å². The van der Waals surface area contributed by atoms with Crippen LogP contribution in [0.25, 0.3) is 22.0 Å². The number of fused-ring (bicyclic) bond motifs is 1. The molecule has 1 aromatic heterocycles. The molecule has 8 nitrogen and oxygen atoms in total. The van der Waals surface area contributed by atoms with E-state index in [0.717, 1.165) is 22.6 Å². The molecule has 4 N–H and O–H groups in total. The Bertz CT molecular complexity index is 1560. The maximum absolute atomic E-state index is 13.0. The molecule has 1 saturated carbocycles. The number of amides is 2. The molecule has 3 aromatic carbocycles. The first-order valence-corrected chi connectivity index (χ1v) is 12.1. The second-order valence-electron chi connectivity index (χ2n) is 8.76. The number of alkyl halides is 3. The van der Waals surface area contributed by atoms with Crippen LogP contribution in [0.5, 0.6) is 5.75 Å². The predicted molar refractivity (Wildman–Crippen MR) is 139 cm³/mol. The van der Waals surface area contributed by atoms with Gasteiger partial charge < -0.3 is 21.1 Å². The zero-order valence-electron chi connectivity index (χ0n) is 19.5. The summed E-state index contributed by atoms with van der Waals surface area (Å²) in [5, 5.41) is 6.00. The number of benzene rings is 3. The molecular formula is C26H19BrF3N5O3. The van der Waals surface area contributed by atoms with Crippen LogP contribution in [-0.2, 0) is 9.59 Å². The number of carbonyl (C=O) groups excluding carboxylic acids is 2. The number of nitrogens with one attached hydrogen (secondary N) is 2.